The van der Waals surface area contributed by atoms with Crippen LogP contribution < -0.4 is 21.1 Å². The zero-order valence-electron chi connectivity index (χ0n) is 19.5. The summed E-state index contributed by atoms with van der Waals surface area (Å²) in [4.78, 5) is 40.6. The molecule has 1 aromatic heterocycles. The molecule has 35 heavy (non-hydrogen) atoms. The Morgan fingerprint density at radius 2 is 1.97 bits per heavy atom. The van der Waals surface area contributed by atoms with Crippen LogP contribution in [0.1, 0.15) is 42.5 Å². The average Bonchev–Trinajstić information content (AvgIpc) is 3.26. The molecular weight excluding hydrogens is 466 g/mol. The summed E-state index contributed by atoms with van der Waals surface area (Å²) in [5, 5.41) is 14.9. The number of carbonyl (C=O) groups is 3. The van der Waals surface area contributed by atoms with E-state index in [2.05, 4.69) is 10.6 Å². The minimum absolute atomic E-state index is 0.00664. The highest BCUT2D eigenvalue weighted by Gasteiger charge is 2.55. The van der Waals surface area contributed by atoms with Gasteiger partial charge in [0.25, 0.3) is 0 Å². The number of likely N-dealkylation sites (tertiary alicyclic amines) is 1. The number of amidine groups is 1. The predicted octanol–water partition coefficient (Wildman–Crippen LogP) is 2.00. The Morgan fingerprint density at radius 1 is 1.20 bits per heavy atom. The van der Waals surface area contributed by atoms with Gasteiger partial charge in [-0.15, -0.1) is 11.3 Å². The fourth-order valence-corrected chi connectivity index (χ4v) is 5.13. The predicted molar refractivity (Wildman–Crippen MR) is 133 cm³/mol. The van der Waals surface area contributed by atoms with E-state index in [0.29, 0.717) is 38.1 Å². The number of thiophene rings is 1. The van der Waals surface area contributed by atoms with E-state index in [-0.39, 0.29) is 41.9 Å². The molecule has 1 saturated heterocycles. The number of benzene rings is 1. The normalized spacial score (nSPS) is 17.7. The van der Waals surface area contributed by atoms with Gasteiger partial charge in [-0.25, -0.2) is 0 Å². The highest BCUT2D eigenvalue weighted by molar-refractivity contribution is 7.10. The van der Waals surface area contributed by atoms with Gasteiger partial charge >= 0.3 is 0 Å². The van der Waals surface area contributed by atoms with Gasteiger partial charge < -0.3 is 26.0 Å². The first-order chi connectivity index (χ1) is 16.8. The number of nitrogens with one attached hydrogen (secondary N) is 3. The highest BCUT2D eigenvalue weighted by Crippen LogP contribution is 2.54. The van der Waals surface area contributed by atoms with E-state index in [1.807, 2.05) is 30.3 Å². The van der Waals surface area contributed by atoms with Gasteiger partial charge in [0.2, 0.25) is 17.7 Å². The van der Waals surface area contributed by atoms with Crippen molar-refractivity contribution in [3.8, 4) is 5.75 Å². The smallest absolute Gasteiger partial charge is 0.243 e. The largest absolute Gasteiger partial charge is 0.494 e. The molecule has 1 aliphatic carbocycles. The maximum Gasteiger partial charge on any atom is 0.243 e. The lowest BCUT2D eigenvalue weighted by Gasteiger charge is -2.24. The van der Waals surface area contributed by atoms with Gasteiger partial charge in [-0.1, -0.05) is 18.2 Å². The highest BCUT2D eigenvalue weighted by atomic mass is 32.1. The van der Waals surface area contributed by atoms with Gasteiger partial charge in [0.15, 0.2) is 0 Å². The van der Waals surface area contributed by atoms with Crippen molar-refractivity contribution in [2.45, 2.75) is 44.7 Å². The van der Waals surface area contributed by atoms with Gasteiger partial charge in [-0.2, -0.15) is 0 Å². The van der Waals surface area contributed by atoms with E-state index in [1.54, 1.807) is 16.3 Å². The molecule has 1 atom stereocenters. The number of nitrogen functional groups attached to an aromatic ring is 1. The summed E-state index contributed by atoms with van der Waals surface area (Å²) >= 11 is 1.43. The summed E-state index contributed by atoms with van der Waals surface area (Å²) in [5.41, 5.74) is 6.18. The number of ether oxygens (including phenoxy) is 1. The molecule has 2 fully saturated rings. The third kappa shape index (κ3) is 6.60. The maximum absolute atomic E-state index is 13.0. The third-order valence-electron chi connectivity index (χ3n) is 6.49. The first-order valence-electron chi connectivity index (χ1n) is 11.8. The Morgan fingerprint density at radius 3 is 2.66 bits per heavy atom. The Hall–Kier alpha value is -3.40. The fraction of sp³-hybridized carbons (Fsp3) is 0.440. The molecule has 1 saturated carbocycles. The van der Waals surface area contributed by atoms with Crippen molar-refractivity contribution in [2.24, 2.45) is 11.1 Å². The van der Waals surface area contributed by atoms with Crippen LogP contribution in [0.15, 0.2) is 41.8 Å². The van der Waals surface area contributed by atoms with Crippen molar-refractivity contribution in [3.63, 3.8) is 0 Å². The van der Waals surface area contributed by atoms with Crippen molar-refractivity contribution >= 4 is 34.9 Å². The van der Waals surface area contributed by atoms with E-state index < -0.39 is 6.04 Å². The van der Waals surface area contributed by atoms with Crippen molar-refractivity contribution < 1.29 is 19.1 Å². The Labute approximate surface area is 208 Å². The van der Waals surface area contributed by atoms with Crippen molar-refractivity contribution in [1.82, 2.24) is 15.5 Å². The first-order valence-corrected chi connectivity index (χ1v) is 12.7. The van der Waals surface area contributed by atoms with Crippen LogP contribution in [0.3, 0.4) is 0 Å². The summed E-state index contributed by atoms with van der Waals surface area (Å²) in [6.45, 7) is 1.17. The first kappa shape index (κ1) is 24.7. The second-order valence-corrected chi connectivity index (χ2v) is 10.2. The van der Waals surface area contributed by atoms with Crippen LogP contribution >= 0.6 is 11.3 Å². The average molecular weight is 498 g/mol. The van der Waals surface area contributed by atoms with Crippen LogP contribution in [0, 0.1) is 10.8 Å². The minimum atomic E-state index is -0.534. The summed E-state index contributed by atoms with van der Waals surface area (Å²) < 4.78 is 5.59. The Bertz CT molecular complexity index is 1080. The second kappa shape index (κ2) is 10.9. The number of rotatable bonds is 11. The lowest BCUT2D eigenvalue weighted by molar-refractivity contribution is -0.138. The molecule has 3 amide bonds. The van der Waals surface area contributed by atoms with E-state index in [1.165, 1.54) is 11.3 Å². The number of amides is 3. The van der Waals surface area contributed by atoms with Gasteiger partial charge in [0, 0.05) is 28.8 Å². The SMILES string of the molecule is N=C(N)c1csc(CNC(=O)C2CC3(CC3)CN2C(=O)CNC(=O)CCCOc2ccccc2)c1. The molecule has 2 aromatic rings. The fourth-order valence-electron chi connectivity index (χ4n) is 4.30. The number of hydrogen-bond donors (Lipinski definition) is 4. The maximum atomic E-state index is 13.0. The number of hydrogen-bond acceptors (Lipinski definition) is 6. The monoisotopic (exact) mass is 497 g/mol. The third-order valence-corrected chi connectivity index (χ3v) is 7.42. The van der Waals surface area contributed by atoms with Gasteiger partial charge in [-0.05, 0) is 49.3 Å². The second-order valence-electron chi connectivity index (χ2n) is 9.22. The molecule has 1 aliphatic heterocycles. The van der Waals surface area contributed by atoms with E-state index in [4.69, 9.17) is 15.9 Å². The van der Waals surface area contributed by atoms with Crippen molar-refractivity contribution in [1.29, 1.82) is 5.41 Å². The summed E-state index contributed by atoms with van der Waals surface area (Å²) in [6.07, 6.45) is 3.48. The van der Waals surface area contributed by atoms with Crippen LogP contribution in [0.2, 0.25) is 0 Å². The molecule has 10 heteroatoms. The van der Waals surface area contributed by atoms with Gasteiger partial charge in [0.05, 0.1) is 19.7 Å². The van der Waals surface area contributed by atoms with Crippen molar-refractivity contribution in [3.05, 3.63) is 52.2 Å². The molecule has 0 radical (unpaired) electrons. The molecule has 2 aliphatic rings. The zero-order chi connectivity index (χ0) is 24.8. The number of para-hydroxylation sites is 1. The lowest BCUT2D eigenvalue weighted by atomic mass is 10.0. The van der Waals surface area contributed by atoms with Crippen molar-refractivity contribution in [2.75, 3.05) is 19.7 Å². The standard InChI is InChI=1S/C25H31N5O4S/c26-23(27)17-11-19(35-15-17)13-29-24(33)20-12-25(8-9-25)16-30(20)22(32)14-28-21(31)7-4-10-34-18-5-2-1-3-6-18/h1-3,5-6,11,15,20H,4,7-10,12-14,16H2,(H3,26,27)(H,28,31)(H,29,33). The number of nitrogens with zero attached hydrogens (tertiary/aromatic N) is 1. The van der Waals surface area contributed by atoms with E-state index >= 15 is 0 Å². The number of nitrogens with two attached hydrogens (primary N) is 1. The lowest BCUT2D eigenvalue weighted by Crippen LogP contribution is -2.48. The summed E-state index contributed by atoms with van der Waals surface area (Å²) in [6, 6.07) is 10.7. The van der Waals surface area contributed by atoms with Gasteiger partial charge in [-0.3, -0.25) is 19.8 Å². The minimum Gasteiger partial charge on any atom is -0.494 e. The molecule has 5 N–H and O–H groups in total. The Kier molecular flexibility index (Phi) is 7.70. The molecular formula is C25H31N5O4S. The van der Waals surface area contributed by atoms with Crippen LogP contribution in [0.4, 0.5) is 0 Å². The zero-order valence-corrected chi connectivity index (χ0v) is 20.4. The van der Waals surface area contributed by atoms with Gasteiger partial charge in [0.1, 0.15) is 17.6 Å². The molecule has 1 unspecified atom stereocenters. The number of carbonyl (C=O) groups excluding carboxylic acids is 3. The molecule has 186 valence electrons. The van der Waals surface area contributed by atoms with Crippen LogP contribution in [0.25, 0.3) is 0 Å². The topological polar surface area (TPSA) is 138 Å². The molecule has 2 heterocycles. The molecule has 0 bridgehead atoms. The molecule has 1 aromatic carbocycles. The Balaban J connectivity index is 1.22. The summed E-state index contributed by atoms with van der Waals surface area (Å²) in [7, 11) is 0. The van der Waals surface area contributed by atoms with E-state index in [9.17, 15) is 14.4 Å². The molecule has 4 rings (SSSR count). The summed E-state index contributed by atoms with van der Waals surface area (Å²) in [5.74, 6) is 0.110. The molecule has 1 spiro atoms. The van der Waals surface area contributed by atoms with Crippen LogP contribution in [0.5, 0.6) is 5.75 Å². The quantitative estimate of drug-likeness (QED) is 0.214. The molecule has 9 nitrogen and oxygen atoms in total. The van der Waals surface area contributed by atoms with Crippen LogP contribution in [-0.4, -0.2) is 54.2 Å². The van der Waals surface area contributed by atoms with Crippen LogP contribution in [-0.2, 0) is 20.9 Å². The van der Waals surface area contributed by atoms with E-state index in [0.717, 1.165) is 23.5 Å².